The van der Waals surface area contributed by atoms with Crippen LogP contribution in [-0.4, -0.2) is 58.9 Å². The number of hydrogen-bond acceptors (Lipinski definition) is 6. The quantitative estimate of drug-likeness (QED) is 0.433. The first-order chi connectivity index (χ1) is 6.59. The Labute approximate surface area is 81.0 Å². The Kier molecular flexibility index (Phi) is 2.74. The van der Waals surface area contributed by atoms with Gasteiger partial charge in [-0.1, -0.05) is 0 Å². The minimum atomic E-state index is -1.38. The van der Waals surface area contributed by atoms with E-state index in [0.29, 0.717) is 0 Å². The first kappa shape index (κ1) is 10.3. The van der Waals surface area contributed by atoms with E-state index < -0.39 is 37.0 Å². The van der Waals surface area contributed by atoms with Crippen molar-refractivity contribution >= 4 is 0 Å². The van der Waals surface area contributed by atoms with E-state index in [0.717, 1.165) is 0 Å². The minimum absolute atomic E-state index is 0.243. The molecule has 82 valence electrons. The fourth-order valence-electron chi connectivity index (χ4n) is 1.71. The van der Waals surface area contributed by atoms with Crippen molar-refractivity contribution in [2.75, 3.05) is 6.61 Å². The van der Waals surface area contributed by atoms with E-state index in [9.17, 15) is 15.3 Å². The van der Waals surface area contributed by atoms with Crippen LogP contribution in [0.5, 0.6) is 0 Å². The van der Waals surface area contributed by atoms with E-state index in [1.54, 1.807) is 6.92 Å². The molecule has 2 aliphatic heterocycles. The topological polar surface area (TPSA) is 88.4 Å². The van der Waals surface area contributed by atoms with Gasteiger partial charge in [-0.25, -0.2) is 0 Å². The standard InChI is InChI=1S/C8H14O6/c1-3-12-2-4-7(13-3)5(9)6(10)8(11)14-4/h3-11H,2H2,1H3/t3-,4-,5-,6+,7-,8-/m1/s1. The highest BCUT2D eigenvalue weighted by Crippen LogP contribution is 2.27. The highest BCUT2D eigenvalue weighted by molar-refractivity contribution is 4.91. The summed E-state index contributed by atoms with van der Waals surface area (Å²) < 4.78 is 15.4. The molecule has 2 aliphatic rings. The zero-order chi connectivity index (χ0) is 10.3. The predicted molar refractivity (Wildman–Crippen MR) is 43.2 cm³/mol. The molecule has 6 heteroatoms. The molecular weight excluding hydrogens is 192 g/mol. The van der Waals surface area contributed by atoms with E-state index in [1.807, 2.05) is 0 Å². The molecule has 14 heavy (non-hydrogen) atoms. The van der Waals surface area contributed by atoms with Gasteiger partial charge in [0.25, 0.3) is 0 Å². The lowest BCUT2D eigenvalue weighted by Crippen LogP contribution is -2.62. The summed E-state index contributed by atoms with van der Waals surface area (Å²) in [6, 6.07) is 0. The fraction of sp³-hybridized carbons (Fsp3) is 1.00. The molecule has 0 bridgehead atoms. The molecule has 6 atom stereocenters. The Bertz CT molecular complexity index is 208. The van der Waals surface area contributed by atoms with Crippen molar-refractivity contribution in [2.45, 2.75) is 43.9 Å². The smallest absolute Gasteiger partial charge is 0.184 e. The van der Waals surface area contributed by atoms with Gasteiger partial charge in [0.15, 0.2) is 12.6 Å². The normalized spacial score (nSPS) is 54.0. The van der Waals surface area contributed by atoms with Gasteiger partial charge in [-0.05, 0) is 6.92 Å². The molecule has 2 fully saturated rings. The van der Waals surface area contributed by atoms with Crippen LogP contribution in [0.3, 0.4) is 0 Å². The molecule has 0 aliphatic carbocycles. The lowest BCUT2D eigenvalue weighted by molar-refractivity contribution is -0.348. The molecular formula is C8H14O6. The zero-order valence-corrected chi connectivity index (χ0v) is 7.74. The summed E-state index contributed by atoms with van der Waals surface area (Å²) in [4.78, 5) is 0. The second kappa shape index (κ2) is 3.73. The van der Waals surface area contributed by atoms with Crippen LogP contribution in [0.1, 0.15) is 6.92 Å². The molecule has 3 N–H and O–H groups in total. The van der Waals surface area contributed by atoms with Gasteiger partial charge in [0.2, 0.25) is 0 Å². The second-order valence-electron chi connectivity index (χ2n) is 3.55. The van der Waals surface area contributed by atoms with Gasteiger partial charge in [-0.2, -0.15) is 0 Å². The van der Waals surface area contributed by atoms with Crippen molar-refractivity contribution < 1.29 is 29.5 Å². The fourth-order valence-corrected chi connectivity index (χ4v) is 1.71. The molecule has 0 aromatic rings. The third-order valence-corrected chi connectivity index (χ3v) is 2.50. The molecule has 0 spiro atoms. The van der Waals surface area contributed by atoms with Crippen molar-refractivity contribution in [3.8, 4) is 0 Å². The first-order valence-corrected chi connectivity index (χ1v) is 4.56. The van der Waals surface area contributed by atoms with Gasteiger partial charge in [0, 0.05) is 0 Å². The molecule has 2 rings (SSSR count). The SMILES string of the molecule is C[C@@H]1OC[C@H]2O[C@@H](O)[C@@H](O)[C@@H](O)[C@@H]2O1. The molecule has 0 aromatic heterocycles. The third-order valence-electron chi connectivity index (χ3n) is 2.50. The highest BCUT2D eigenvalue weighted by Gasteiger charge is 2.47. The maximum absolute atomic E-state index is 9.59. The van der Waals surface area contributed by atoms with Crippen LogP contribution in [0.15, 0.2) is 0 Å². The van der Waals surface area contributed by atoms with Crippen LogP contribution in [0.25, 0.3) is 0 Å². The number of aliphatic hydroxyl groups is 3. The number of aliphatic hydroxyl groups excluding tert-OH is 3. The summed E-state index contributed by atoms with van der Waals surface area (Å²) in [5, 5.41) is 28.1. The third kappa shape index (κ3) is 1.65. The Morgan fingerprint density at radius 3 is 2.50 bits per heavy atom. The van der Waals surface area contributed by atoms with Gasteiger partial charge < -0.3 is 29.5 Å². The van der Waals surface area contributed by atoms with E-state index in [-0.39, 0.29) is 6.61 Å². The summed E-state index contributed by atoms with van der Waals surface area (Å²) in [5.41, 5.74) is 0. The van der Waals surface area contributed by atoms with Crippen molar-refractivity contribution in [3.05, 3.63) is 0 Å². The maximum Gasteiger partial charge on any atom is 0.184 e. The Balaban J connectivity index is 2.08. The number of rotatable bonds is 0. The molecule has 0 saturated carbocycles. The molecule has 0 radical (unpaired) electrons. The molecule has 2 heterocycles. The maximum atomic E-state index is 9.59. The molecule has 0 aromatic carbocycles. The Morgan fingerprint density at radius 2 is 1.79 bits per heavy atom. The van der Waals surface area contributed by atoms with Crippen LogP contribution >= 0.6 is 0 Å². The number of fused-ring (bicyclic) bond motifs is 1. The summed E-state index contributed by atoms with van der Waals surface area (Å²) in [6.07, 6.45) is -5.46. The highest BCUT2D eigenvalue weighted by atomic mass is 16.7. The van der Waals surface area contributed by atoms with Crippen molar-refractivity contribution in [1.82, 2.24) is 0 Å². The molecule has 0 unspecified atom stereocenters. The average Bonchev–Trinajstić information content (AvgIpc) is 2.16. The first-order valence-electron chi connectivity index (χ1n) is 4.56. The molecule has 0 amide bonds. The summed E-state index contributed by atoms with van der Waals surface area (Å²) in [7, 11) is 0. The summed E-state index contributed by atoms with van der Waals surface area (Å²) >= 11 is 0. The van der Waals surface area contributed by atoms with Crippen LogP contribution in [0, 0.1) is 0 Å². The van der Waals surface area contributed by atoms with Crippen LogP contribution < -0.4 is 0 Å². The minimum Gasteiger partial charge on any atom is -0.387 e. The van der Waals surface area contributed by atoms with E-state index in [1.165, 1.54) is 0 Å². The summed E-state index contributed by atoms with van der Waals surface area (Å²) in [6.45, 7) is 1.94. The Hall–Kier alpha value is -0.240. The van der Waals surface area contributed by atoms with Gasteiger partial charge >= 0.3 is 0 Å². The van der Waals surface area contributed by atoms with Crippen LogP contribution in [-0.2, 0) is 14.2 Å². The van der Waals surface area contributed by atoms with Gasteiger partial charge in [0.05, 0.1) is 6.61 Å². The van der Waals surface area contributed by atoms with Crippen LogP contribution in [0.2, 0.25) is 0 Å². The summed E-state index contributed by atoms with van der Waals surface area (Å²) in [5.74, 6) is 0. The zero-order valence-electron chi connectivity index (χ0n) is 7.74. The van der Waals surface area contributed by atoms with Gasteiger partial charge in [-0.3, -0.25) is 0 Å². The predicted octanol–water partition coefficient (Wildman–Crippen LogP) is -1.81. The number of ether oxygens (including phenoxy) is 3. The average molecular weight is 206 g/mol. The van der Waals surface area contributed by atoms with E-state index >= 15 is 0 Å². The van der Waals surface area contributed by atoms with E-state index in [4.69, 9.17) is 14.2 Å². The molecule has 6 nitrogen and oxygen atoms in total. The van der Waals surface area contributed by atoms with Crippen molar-refractivity contribution in [3.63, 3.8) is 0 Å². The van der Waals surface area contributed by atoms with E-state index in [2.05, 4.69) is 0 Å². The van der Waals surface area contributed by atoms with Gasteiger partial charge in [0.1, 0.15) is 24.4 Å². The number of hydrogen-bond donors (Lipinski definition) is 3. The molecule has 2 saturated heterocycles. The van der Waals surface area contributed by atoms with Crippen molar-refractivity contribution in [2.24, 2.45) is 0 Å². The Morgan fingerprint density at radius 1 is 1.07 bits per heavy atom. The monoisotopic (exact) mass is 206 g/mol. The lowest BCUT2D eigenvalue weighted by atomic mass is 9.98. The largest absolute Gasteiger partial charge is 0.387 e. The lowest BCUT2D eigenvalue weighted by Gasteiger charge is -2.44. The van der Waals surface area contributed by atoms with Crippen molar-refractivity contribution in [1.29, 1.82) is 0 Å². The van der Waals surface area contributed by atoms with Gasteiger partial charge in [-0.15, -0.1) is 0 Å². The van der Waals surface area contributed by atoms with Crippen LogP contribution in [0.4, 0.5) is 0 Å². The second-order valence-corrected chi connectivity index (χ2v) is 3.55.